The maximum atomic E-state index is 6.13. The van der Waals surface area contributed by atoms with Gasteiger partial charge >= 0.3 is 0 Å². The molecule has 2 fully saturated rings. The topological polar surface area (TPSA) is 25.8 Å². The SMILES string of the molecule is CC1(c2nc(Cl)c(Br)c(C3CC3)n2)CC1. The van der Waals surface area contributed by atoms with Gasteiger partial charge in [0.15, 0.2) is 0 Å². The summed E-state index contributed by atoms with van der Waals surface area (Å²) in [7, 11) is 0. The predicted molar refractivity (Wildman–Crippen MR) is 63.3 cm³/mol. The van der Waals surface area contributed by atoms with Crippen LogP contribution in [0.5, 0.6) is 0 Å². The van der Waals surface area contributed by atoms with E-state index in [1.54, 1.807) is 0 Å². The molecule has 0 aliphatic heterocycles. The molecular weight excluding hydrogens is 275 g/mol. The second-order valence-electron chi connectivity index (χ2n) is 4.87. The zero-order valence-electron chi connectivity index (χ0n) is 8.56. The molecule has 0 radical (unpaired) electrons. The summed E-state index contributed by atoms with van der Waals surface area (Å²) in [6.45, 7) is 2.21. The van der Waals surface area contributed by atoms with E-state index >= 15 is 0 Å². The molecule has 4 heteroatoms. The molecule has 0 unspecified atom stereocenters. The van der Waals surface area contributed by atoms with Crippen molar-refractivity contribution in [3.63, 3.8) is 0 Å². The van der Waals surface area contributed by atoms with Crippen LogP contribution in [0.25, 0.3) is 0 Å². The van der Waals surface area contributed by atoms with Crippen molar-refractivity contribution in [2.75, 3.05) is 0 Å². The summed E-state index contributed by atoms with van der Waals surface area (Å²) in [6, 6.07) is 0. The lowest BCUT2D eigenvalue weighted by Gasteiger charge is -2.11. The van der Waals surface area contributed by atoms with Crippen LogP contribution in [0.2, 0.25) is 5.15 Å². The van der Waals surface area contributed by atoms with E-state index in [9.17, 15) is 0 Å². The number of halogens is 2. The van der Waals surface area contributed by atoms with Gasteiger partial charge in [-0.3, -0.25) is 0 Å². The van der Waals surface area contributed by atoms with Crippen molar-refractivity contribution in [1.82, 2.24) is 9.97 Å². The normalized spacial score (nSPS) is 22.9. The van der Waals surface area contributed by atoms with E-state index in [0.717, 1.165) is 16.0 Å². The highest BCUT2D eigenvalue weighted by molar-refractivity contribution is 9.10. The van der Waals surface area contributed by atoms with Crippen LogP contribution < -0.4 is 0 Å². The monoisotopic (exact) mass is 286 g/mol. The number of hydrogen-bond donors (Lipinski definition) is 0. The van der Waals surface area contributed by atoms with Crippen molar-refractivity contribution in [3.05, 3.63) is 21.1 Å². The summed E-state index contributed by atoms with van der Waals surface area (Å²) in [5.74, 6) is 1.55. The lowest BCUT2D eigenvalue weighted by Crippen LogP contribution is -2.09. The average molecular weight is 288 g/mol. The van der Waals surface area contributed by atoms with Crippen LogP contribution in [0.15, 0.2) is 4.47 Å². The van der Waals surface area contributed by atoms with Gasteiger partial charge in [-0.05, 0) is 41.6 Å². The Morgan fingerprint density at radius 2 is 2.00 bits per heavy atom. The van der Waals surface area contributed by atoms with Gasteiger partial charge in [0, 0.05) is 11.3 Å². The molecule has 2 aliphatic carbocycles. The van der Waals surface area contributed by atoms with E-state index in [-0.39, 0.29) is 5.41 Å². The fourth-order valence-corrected chi connectivity index (χ4v) is 2.42. The lowest BCUT2D eigenvalue weighted by molar-refractivity contribution is 0.695. The van der Waals surface area contributed by atoms with Gasteiger partial charge in [-0.15, -0.1) is 0 Å². The molecule has 1 heterocycles. The molecule has 1 aromatic rings. The van der Waals surface area contributed by atoms with Gasteiger partial charge in [0.2, 0.25) is 0 Å². The standard InChI is InChI=1S/C11H12BrClN2/c1-11(4-5-11)10-14-8(6-2-3-6)7(12)9(13)15-10/h6H,2-5H2,1H3. The van der Waals surface area contributed by atoms with Crippen molar-refractivity contribution in [2.24, 2.45) is 0 Å². The van der Waals surface area contributed by atoms with Gasteiger partial charge < -0.3 is 0 Å². The van der Waals surface area contributed by atoms with E-state index in [2.05, 4.69) is 32.8 Å². The van der Waals surface area contributed by atoms with Crippen LogP contribution in [0.1, 0.15) is 50.0 Å². The molecule has 0 saturated heterocycles. The molecule has 0 atom stereocenters. The zero-order chi connectivity index (χ0) is 10.6. The molecule has 0 aromatic carbocycles. The Kier molecular flexibility index (Phi) is 2.12. The third-order valence-electron chi connectivity index (χ3n) is 3.34. The molecule has 1 aromatic heterocycles. The predicted octanol–water partition coefficient (Wildman–Crippen LogP) is 3.82. The molecule has 80 valence electrons. The Morgan fingerprint density at radius 1 is 1.33 bits per heavy atom. The van der Waals surface area contributed by atoms with Crippen LogP contribution >= 0.6 is 27.5 Å². The highest BCUT2D eigenvalue weighted by atomic mass is 79.9. The zero-order valence-corrected chi connectivity index (χ0v) is 10.9. The van der Waals surface area contributed by atoms with Crippen molar-refractivity contribution in [2.45, 2.75) is 43.9 Å². The summed E-state index contributed by atoms with van der Waals surface area (Å²) in [6.07, 6.45) is 4.86. The van der Waals surface area contributed by atoms with Gasteiger partial charge in [-0.1, -0.05) is 18.5 Å². The highest BCUT2D eigenvalue weighted by Gasteiger charge is 2.43. The van der Waals surface area contributed by atoms with Crippen LogP contribution in [0.3, 0.4) is 0 Å². The van der Waals surface area contributed by atoms with Gasteiger partial charge in [0.1, 0.15) is 11.0 Å². The minimum atomic E-state index is 0.202. The summed E-state index contributed by atoms with van der Waals surface area (Å²) in [5.41, 5.74) is 1.33. The van der Waals surface area contributed by atoms with Gasteiger partial charge in [0.05, 0.1) is 10.2 Å². The highest BCUT2D eigenvalue weighted by Crippen LogP contribution is 2.49. The Morgan fingerprint density at radius 3 is 2.53 bits per heavy atom. The summed E-state index contributed by atoms with van der Waals surface area (Å²) < 4.78 is 0.902. The van der Waals surface area contributed by atoms with Crippen LogP contribution in [-0.2, 0) is 5.41 Å². The number of aromatic nitrogens is 2. The van der Waals surface area contributed by atoms with Crippen molar-refractivity contribution >= 4 is 27.5 Å². The Hall–Kier alpha value is -0.150. The van der Waals surface area contributed by atoms with Gasteiger partial charge in [-0.25, -0.2) is 9.97 Å². The van der Waals surface area contributed by atoms with Crippen molar-refractivity contribution in [3.8, 4) is 0 Å². The van der Waals surface area contributed by atoms with Crippen molar-refractivity contribution < 1.29 is 0 Å². The molecule has 2 saturated carbocycles. The minimum absolute atomic E-state index is 0.202. The molecule has 0 bridgehead atoms. The number of hydrogen-bond acceptors (Lipinski definition) is 2. The Bertz CT molecular complexity index is 425. The van der Waals surface area contributed by atoms with E-state index in [4.69, 9.17) is 11.6 Å². The summed E-state index contributed by atoms with van der Waals surface area (Å²) in [5, 5.41) is 0.579. The first kappa shape index (κ1) is 10.0. The fourth-order valence-electron chi connectivity index (χ4n) is 1.74. The largest absolute Gasteiger partial charge is 0.236 e. The third-order valence-corrected chi connectivity index (χ3v) is 4.62. The molecule has 2 nitrogen and oxygen atoms in total. The first-order chi connectivity index (χ1) is 7.10. The quantitative estimate of drug-likeness (QED) is 0.773. The van der Waals surface area contributed by atoms with Crippen LogP contribution in [0.4, 0.5) is 0 Å². The maximum Gasteiger partial charge on any atom is 0.147 e. The van der Waals surface area contributed by atoms with Gasteiger partial charge in [-0.2, -0.15) is 0 Å². The summed E-state index contributed by atoms with van der Waals surface area (Å²) >= 11 is 9.61. The number of rotatable bonds is 2. The van der Waals surface area contributed by atoms with E-state index in [1.165, 1.54) is 25.7 Å². The molecule has 0 spiro atoms. The molecule has 15 heavy (non-hydrogen) atoms. The second kappa shape index (κ2) is 3.17. The van der Waals surface area contributed by atoms with Crippen LogP contribution in [0, 0.1) is 0 Å². The Labute approximate surface area is 103 Å². The second-order valence-corrected chi connectivity index (χ2v) is 6.02. The first-order valence-electron chi connectivity index (χ1n) is 5.33. The third kappa shape index (κ3) is 1.70. The smallest absolute Gasteiger partial charge is 0.147 e. The minimum Gasteiger partial charge on any atom is -0.236 e. The van der Waals surface area contributed by atoms with E-state index < -0.39 is 0 Å². The molecular formula is C11H12BrClN2. The molecule has 0 N–H and O–H groups in total. The van der Waals surface area contributed by atoms with E-state index in [0.29, 0.717) is 11.1 Å². The van der Waals surface area contributed by atoms with Crippen LogP contribution in [-0.4, -0.2) is 9.97 Å². The molecule has 3 rings (SSSR count). The average Bonchev–Trinajstić information content (AvgIpc) is 3.04. The lowest BCUT2D eigenvalue weighted by atomic mass is 10.1. The molecule has 0 amide bonds. The molecule has 2 aliphatic rings. The first-order valence-corrected chi connectivity index (χ1v) is 6.51. The summed E-state index contributed by atoms with van der Waals surface area (Å²) in [4.78, 5) is 9.07. The van der Waals surface area contributed by atoms with E-state index in [1.807, 2.05) is 0 Å². The maximum absolute atomic E-state index is 6.13. The van der Waals surface area contributed by atoms with Gasteiger partial charge in [0.25, 0.3) is 0 Å². The fraction of sp³-hybridized carbons (Fsp3) is 0.636. The number of nitrogens with zero attached hydrogens (tertiary/aromatic N) is 2. The Balaban J connectivity index is 2.09. The van der Waals surface area contributed by atoms with Crippen molar-refractivity contribution in [1.29, 1.82) is 0 Å².